The molecule has 0 amide bonds. The summed E-state index contributed by atoms with van der Waals surface area (Å²) in [7, 11) is 0. The van der Waals surface area contributed by atoms with E-state index in [4.69, 9.17) is 17.3 Å². The van der Waals surface area contributed by atoms with Crippen molar-refractivity contribution in [2.75, 3.05) is 11.1 Å². The fourth-order valence-corrected chi connectivity index (χ4v) is 2.19. The van der Waals surface area contributed by atoms with Crippen molar-refractivity contribution in [2.45, 2.75) is 0 Å². The highest BCUT2D eigenvalue weighted by molar-refractivity contribution is 6.36. The van der Waals surface area contributed by atoms with Crippen molar-refractivity contribution in [2.24, 2.45) is 0 Å². The van der Waals surface area contributed by atoms with Crippen molar-refractivity contribution in [1.29, 1.82) is 0 Å². The molecule has 0 aliphatic carbocycles. The predicted molar refractivity (Wildman–Crippen MR) is 80.3 cm³/mol. The quantitative estimate of drug-likeness (QED) is 0.629. The summed E-state index contributed by atoms with van der Waals surface area (Å²) in [4.78, 5) is 8.49. The number of fused-ring (bicyclic) bond motifs is 1. The van der Waals surface area contributed by atoms with Gasteiger partial charge in [0.2, 0.25) is 5.95 Å². The van der Waals surface area contributed by atoms with Gasteiger partial charge in [0, 0.05) is 0 Å². The molecule has 1 aromatic heterocycles. The molecule has 5 nitrogen and oxygen atoms in total. The van der Waals surface area contributed by atoms with Crippen LogP contribution in [-0.2, 0) is 0 Å². The number of rotatable bonds is 2. The van der Waals surface area contributed by atoms with Crippen molar-refractivity contribution in [3.63, 3.8) is 0 Å². The maximum Gasteiger partial charge on any atom is 0.229 e. The van der Waals surface area contributed by atoms with Gasteiger partial charge in [0.25, 0.3) is 0 Å². The molecule has 0 aliphatic rings. The maximum atomic E-state index is 9.73. The summed E-state index contributed by atoms with van der Waals surface area (Å²) in [6.07, 6.45) is 0. The molecule has 20 heavy (non-hydrogen) atoms. The average molecular weight is 287 g/mol. The van der Waals surface area contributed by atoms with Crippen LogP contribution in [0.3, 0.4) is 0 Å². The second-order valence-corrected chi connectivity index (χ2v) is 4.62. The van der Waals surface area contributed by atoms with Crippen LogP contribution in [0.4, 0.5) is 17.5 Å². The van der Waals surface area contributed by atoms with Gasteiger partial charge in [-0.15, -0.1) is 0 Å². The number of aromatic nitrogens is 2. The van der Waals surface area contributed by atoms with Crippen LogP contribution in [0, 0.1) is 0 Å². The van der Waals surface area contributed by atoms with Crippen molar-refractivity contribution in [3.8, 4) is 5.75 Å². The van der Waals surface area contributed by atoms with E-state index in [1.54, 1.807) is 42.5 Å². The minimum absolute atomic E-state index is 0.112. The maximum absolute atomic E-state index is 9.73. The van der Waals surface area contributed by atoms with Crippen LogP contribution in [0.2, 0.25) is 5.02 Å². The third-order valence-electron chi connectivity index (χ3n) is 2.85. The summed E-state index contributed by atoms with van der Waals surface area (Å²) < 4.78 is 0. The SMILES string of the molecule is Nc1nc(Nc2ccccc2O)nc2cccc(Cl)c12. The molecule has 100 valence electrons. The number of nitrogens with one attached hydrogen (secondary N) is 1. The number of anilines is 3. The lowest BCUT2D eigenvalue weighted by Crippen LogP contribution is -2.02. The molecule has 0 fully saturated rings. The van der Waals surface area contributed by atoms with E-state index in [1.807, 2.05) is 0 Å². The summed E-state index contributed by atoms with van der Waals surface area (Å²) in [6.45, 7) is 0. The normalized spacial score (nSPS) is 10.7. The van der Waals surface area contributed by atoms with E-state index in [-0.39, 0.29) is 5.75 Å². The van der Waals surface area contributed by atoms with Gasteiger partial charge in [0.1, 0.15) is 11.6 Å². The van der Waals surface area contributed by atoms with Crippen molar-refractivity contribution in [3.05, 3.63) is 47.5 Å². The van der Waals surface area contributed by atoms with Gasteiger partial charge in [-0.3, -0.25) is 0 Å². The van der Waals surface area contributed by atoms with E-state index in [0.29, 0.717) is 33.4 Å². The highest BCUT2D eigenvalue weighted by Crippen LogP contribution is 2.29. The third-order valence-corrected chi connectivity index (χ3v) is 3.17. The fraction of sp³-hybridized carbons (Fsp3) is 0. The standard InChI is InChI=1S/C14H11ClN4O/c15-8-4-3-6-10-12(8)13(16)19-14(18-10)17-9-5-1-2-7-11(9)20/h1-7,20H,(H3,16,17,18,19). The summed E-state index contributed by atoms with van der Waals surface area (Å²) in [6, 6.07) is 12.1. The zero-order valence-electron chi connectivity index (χ0n) is 10.3. The Balaban J connectivity index is 2.08. The molecule has 2 aromatic carbocycles. The van der Waals surface area contributed by atoms with Crippen molar-refractivity contribution in [1.82, 2.24) is 9.97 Å². The number of nitrogen functional groups attached to an aromatic ring is 1. The van der Waals surface area contributed by atoms with Crippen molar-refractivity contribution >= 4 is 40.0 Å². The molecule has 4 N–H and O–H groups in total. The van der Waals surface area contributed by atoms with Gasteiger partial charge in [-0.1, -0.05) is 29.8 Å². The largest absolute Gasteiger partial charge is 0.506 e. The number of para-hydroxylation sites is 2. The molecule has 0 atom stereocenters. The molecular weight excluding hydrogens is 276 g/mol. The van der Waals surface area contributed by atoms with Crippen LogP contribution in [0.25, 0.3) is 10.9 Å². The molecule has 0 bridgehead atoms. The van der Waals surface area contributed by atoms with Crippen LogP contribution in [-0.4, -0.2) is 15.1 Å². The number of hydrogen-bond acceptors (Lipinski definition) is 5. The Morgan fingerprint density at radius 3 is 2.65 bits per heavy atom. The van der Waals surface area contributed by atoms with Crippen LogP contribution >= 0.6 is 11.6 Å². The second-order valence-electron chi connectivity index (χ2n) is 4.21. The minimum atomic E-state index is 0.112. The van der Waals surface area contributed by atoms with Crippen LogP contribution in [0.15, 0.2) is 42.5 Å². The van der Waals surface area contributed by atoms with Gasteiger partial charge >= 0.3 is 0 Å². The van der Waals surface area contributed by atoms with Gasteiger partial charge in [0.05, 0.1) is 21.6 Å². The first-order chi connectivity index (χ1) is 9.65. The van der Waals surface area contributed by atoms with Gasteiger partial charge in [-0.2, -0.15) is 4.98 Å². The first-order valence-electron chi connectivity index (χ1n) is 5.92. The van der Waals surface area contributed by atoms with Gasteiger partial charge < -0.3 is 16.2 Å². The number of hydrogen-bond donors (Lipinski definition) is 3. The topological polar surface area (TPSA) is 84.1 Å². The second kappa shape index (κ2) is 4.86. The summed E-state index contributed by atoms with van der Waals surface area (Å²) in [5, 5.41) is 13.8. The van der Waals surface area contributed by atoms with Crippen LogP contribution < -0.4 is 11.1 Å². The Morgan fingerprint density at radius 2 is 1.85 bits per heavy atom. The molecule has 0 unspecified atom stereocenters. The zero-order chi connectivity index (χ0) is 14.1. The highest BCUT2D eigenvalue weighted by atomic mass is 35.5. The van der Waals surface area contributed by atoms with E-state index >= 15 is 0 Å². The van der Waals surface area contributed by atoms with Gasteiger partial charge in [-0.25, -0.2) is 4.98 Å². The fourth-order valence-electron chi connectivity index (χ4n) is 1.92. The molecule has 3 rings (SSSR count). The Bertz CT molecular complexity index is 791. The third kappa shape index (κ3) is 2.19. The first kappa shape index (κ1) is 12.5. The lowest BCUT2D eigenvalue weighted by Gasteiger charge is -2.09. The smallest absolute Gasteiger partial charge is 0.229 e. The Hall–Kier alpha value is -2.53. The predicted octanol–water partition coefficient (Wildman–Crippen LogP) is 3.31. The molecule has 0 radical (unpaired) electrons. The van der Waals surface area contributed by atoms with E-state index in [2.05, 4.69) is 15.3 Å². The number of phenolic OH excluding ortho intramolecular Hbond substituents is 1. The average Bonchev–Trinajstić information content (AvgIpc) is 2.41. The molecule has 0 saturated carbocycles. The molecule has 3 aromatic rings. The monoisotopic (exact) mass is 286 g/mol. The lowest BCUT2D eigenvalue weighted by molar-refractivity contribution is 0.477. The number of nitrogens with zero attached hydrogens (tertiary/aromatic N) is 2. The Kier molecular flexibility index (Phi) is 3.04. The molecule has 0 aliphatic heterocycles. The molecule has 1 heterocycles. The molecule has 0 saturated heterocycles. The number of benzene rings is 2. The van der Waals surface area contributed by atoms with Crippen LogP contribution in [0.5, 0.6) is 5.75 Å². The molecule has 0 spiro atoms. The van der Waals surface area contributed by atoms with E-state index in [1.165, 1.54) is 0 Å². The lowest BCUT2D eigenvalue weighted by atomic mass is 10.2. The minimum Gasteiger partial charge on any atom is -0.506 e. The summed E-state index contributed by atoms with van der Waals surface area (Å²) in [5.74, 6) is 0.707. The highest BCUT2D eigenvalue weighted by Gasteiger charge is 2.09. The van der Waals surface area contributed by atoms with Crippen molar-refractivity contribution < 1.29 is 5.11 Å². The van der Waals surface area contributed by atoms with E-state index in [0.717, 1.165) is 0 Å². The number of aromatic hydroxyl groups is 1. The van der Waals surface area contributed by atoms with Gasteiger partial charge in [-0.05, 0) is 24.3 Å². The summed E-state index contributed by atoms with van der Waals surface area (Å²) >= 11 is 6.08. The molecule has 6 heteroatoms. The van der Waals surface area contributed by atoms with E-state index in [9.17, 15) is 5.11 Å². The Morgan fingerprint density at radius 1 is 1.05 bits per heavy atom. The number of nitrogens with two attached hydrogens (primary N) is 1. The first-order valence-corrected chi connectivity index (χ1v) is 6.30. The van der Waals surface area contributed by atoms with E-state index < -0.39 is 0 Å². The Labute approximate surface area is 120 Å². The van der Waals surface area contributed by atoms with Gasteiger partial charge in [0.15, 0.2) is 0 Å². The van der Waals surface area contributed by atoms with Crippen LogP contribution in [0.1, 0.15) is 0 Å². The number of halogens is 1. The molecular formula is C14H11ClN4O. The zero-order valence-corrected chi connectivity index (χ0v) is 11.1. The summed E-state index contributed by atoms with van der Waals surface area (Å²) in [5.41, 5.74) is 7.06. The number of phenols is 1.